The number of sulfonamides is 1. The van der Waals surface area contributed by atoms with E-state index in [0.29, 0.717) is 18.4 Å². The molecule has 4 rings (SSSR count). The van der Waals surface area contributed by atoms with E-state index in [-0.39, 0.29) is 5.25 Å². The fourth-order valence-electron chi connectivity index (χ4n) is 3.42. The Labute approximate surface area is 138 Å². The maximum atomic E-state index is 12.2. The van der Waals surface area contributed by atoms with Gasteiger partial charge in [0.25, 0.3) is 0 Å². The van der Waals surface area contributed by atoms with E-state index in [1.54, 1.807) is 17.7 Å². The average molecular weight is 336 g/mol. The Balaban J connectivity index is 1.32. The standard InChI is InChI=1S/C16H24N4O2S/c1-19(23(21,22)14-5-6-14)8-12-9-20(10-12)16-7-15(17-11-18-16)13-3-2-4-13/h7,11-14H,2-6,8-10H2,1H3. The molecule has 3 fully saturated rings. The zero-order valence-electron chi connectivity index (χ0n) is 13.6. The SMILES string of the molecule is CN(CC1CN(c2cc(C3CCC3)ncn2)C1)S(=O)(=O)C1CC1. The minimum atomic E-state index is -3.04. The van der Waals surface area contributed by atoms with Gasteiger partial charge in [0, 0.05) is 50.3 Å². The highest BCUT2D eigenvalue weighted by Crippen LogP contribution is 2.36. The van der Waals surface area contributed by atoms with Gasteiger partial charge in [0.15, 0.2) is 0 Å². The van der Waals surface area contributed by atoms with E-state index in [0.717, 1.165) is 37.4 Å². The fraction of sp³-hybridized carbons (Fsp3) is 0.750. The third-order valence-electron chi connectivity index (χ3n) is 5.37. The molecule has 6 nitrogen and oxygen atoms in total. The van der Waals surface area contributed by atoms with Gasteiger partial charge >= 0.3 is 0 Å². The molecule has 2 saturated carbocycles. The van der Waals surface area contributed by atoms with Crippen molar-refractivity contribution in [2.45, 2.75) is 43.3 Å². The van der Waals surface area contributed by atoms with Crippen LogP contribution < -0.4 is 4.90 Å². The summed E-state index contributed by atoms with van der Waals surface area (Å²) in [6.45, 7) is 2.38. The van der Waals surface area contributed by atoms with Crippen LogP contribution in [0.4, 0.5) is 5.82 Å². The van der Waals surface area contributed by atoms with Crippen molar-refractivity contribution in [2.24, 2.45) is 5.92 Å². The van der Waals surface area contributed by atoms with Crippen molar-refractivity contribution < 1.29 is 8.42 Å². The van der Waals surface area contributed by atoms with Crippen LogP contribution in [-0.2, 0) is 10.0 Å². The van der Waals surface area contributed by atoms with E-state index in [4.69, 9.17) is 0 Å². The summed E-state index contributed by atoms with van der Waals surface area (Å²) >= 11 is 0. The zero-order chi connectivity index (χ0) is 16.0. The van der Waals surface area contributed by atoms with Crippen LogP contribution in [0.2, 0.25) is 0 Å². The second-order valence-electron chi connectivity index (χ2n) is 7.22. The third-order valence-corrected chi connectivity index (χ3v) is 7.71. The molecule has 126 valence electrons. The molecule has 0 unspecified atom stereocenters. The molecule has 1 saturated heterocycles. The van der Waals surface area contributed by atoms with E-state index < -0.39 is 10.0 Å². The summed E-state index contributed by atoms with van der Waals surface area (Å²) in [5.74, 6) is 2.00. The lowest BCUT2D eigenvalue weighted by Gasteiger charge is -2.41. The monoisotopic (exact) mass is 336 g/mol. The number of aromatic nitrogens is 2. The van der Waals surface area contributed by atoms with Crippen molar-refractivity contribution in [1.82, 2.24) is 14.3 Å². The zero-order valence-corrected chi connectivity index (χ0v) is 14.4. The number of hydrogen-bond acceptors (Lipinski definition) is 5. The van der Waals surface area contributed by atoms with E-state index >= 15 is 0 Å². The van der Waals surface area contributed by atoms with E-state index in [2.05, 4.69) is 20.9 Å². The molecule has 2 aliphatic carbocycles. The first-order chi connectivity index (χ1) is 11.0. The fourth-order valence-corrected chi connectivity index (χ4v) is 5.08. The molecule has 2 heterocycles. The second kappa shape index (κ2) is 5.70. The van der Waals surface area contributed by atoms with Crippen molar-refractivity contribution in [3.63, 3.8) is 0 Å². The molecule has 0 bridgehead atoms. The summed E-state index contributed by atoms with van der Waals surface area (Å²) in [5.41, 5.74) is 1.16. The molecule has 7 heteroatoms. The smallest absolute Gasteiger partial charge is 0.216 e. The lowest BCUT2D eigenvalue weighted by molar-refractivity contribution is 0.325. The van der Waals surface area contributed by atoms with Gasteiger partial charge in [0.05, 0.1) is 5.25 Å². The maximum Gasteiger partial charge on any atom is 0.216 e. The molecular formula is C16H24N4O2S. The van der Waals surface area contributed by atoms with Crippen LogP contribution >= 0.6 is 0 Å². The van der Waals surface area contributed by atoms with Gasteiger partial charge in [0.1, 0.15) is 12.1 Å². The topological polar surface area (TPSA) is 66.4 Å². The molecule has 1 aromatic rings. The van der Waals surface area contributed by atoms with E-state index in [1.807, 2.05) is 0 Å². The van der Waals surface area contributed by atoms with Gasteiger partial charge < -0.3 is 4.90 Å². The van der Waals surface area contributed by atoms with Crippen LogP contribution in [0.25, 0.3) is 0 Å². The molecule has 1 aromatic heterocycles. The van der Waals surface area contributed by atoms with Crippen molar-refractivity contribution in [2.75, 3.05) is 31.6 Å². The Hall–Kier alpha value is -1.21. The number of nitrogens with zero attached hydrogens (tertiary/aromatic N) is 4. The summed E-state index contributed by atoms with van der Waals surface area (Å²) < 4.78 is 25.9. The molecule has 0 N–H and O–H groups in total. The predicted molar refractivity (Wildman–Crippen MR) is 88.9 cm³/mol. The largest absolute Gasteiger partial charge is 0.356 e. The maximum absolute atomic E-state index is 12.2. The number of rotatable bonds is 6. The Morgan fingerprint density at radius 2 is 1.96 bits per heavy atom. The molecule has 23 heavy (non-hydrogen) atoms. The first-order valence-electron chi connectivity index (χ1n) is 8.56. The van der Waals surface area contributed by atoms with E-state index in [1.165, 1.54) is 19.3 Å². The molecule has 0 aromatic carbocycles. The highest BCUT2D eigenvalue weighted by Gasteiger charge is 2.40. The van der Waals surface area contributed by atoms with Gasteiger partial charge in [-0.2, -0.15) is 0 Å². The summed E-state index contributed by atoms with van der Waals surface area (Å²) in [5, 5.41) is -0.115. The minimum Gasteiger partial charge on any atom is -0.356 e. The van der Waals surface area contributed by atoms with Crippen LogP contribution in [0.15, 0.2) is 12.4 Å². The van der Waals surface area contributed by atoms with Crippen LogP contribution in [-0.4, -0.2) is 54.6 Å². The quantitative estimate of drug-likeness (QED) is 0.789. The van der Waals surface area contributed by atoms with Gasteiger partial charge in [-0.05, 0) is 25.7 Å². The predicted octanol–water partition coefficient (Wildman–Crippen LogP) is 1.60. The first kappa shape index (κ1) is 15.3. The highest BCUT2D eigenvalue weighted by molar-refractivity contribution is 7.90. The van der Waals surface area contributed by atoms with Crippen LogP contribution in [0.3, 0.4) is 0 Å². The molecular weight excluding hydrogens is 312 g/mol. The minimum absolute atomic E-state index is 0.115. The lowest BCUT2D eigenvalue weighted by atomic mass is 9.83. The van der Waals surface area contributed by atoms with Crippen molar-refractivity contribution >= 4 is 15.8 Å². The summed E-state index contributed by atoms with van der Waals surface area (Å²) in [6, 6.07) is 2.12. The van der Waals surface area contributed by atoms with Crippen molar-refractivity contribution in [1.29, 1.82) is 0 Å². The van der Waals surface area contributed by atoms with Crippen molar-refractivity contribution in [3.8, 4) is 0 Å². The number of anilines is 1. The summed E-state index contributed by atoms with van der Waals surface area (Å²) in [4.78, 5) is 11.0. The molecule has 1 aliphatic heterocycles. The van der Waals surface area contributed by atoms with E-state index in [9.17, 15) is 8.42 Å². The van der Waals surface area contributed by atoms with Gasteiger partial charge in [-0.1, -0.05) is 6.42 Å². The Morgan fingerprint density at radius 1 is 1.22 bits per heavy atom. The van der Waals surface area contributed by atoms with Crippen LogP contribution in [0, 0.1) is 5.92 Å². The molecule has 0 amide bonds. The molecule has 0 atom stereocenters. The lowest BCUT2D eigenvalue weighted by Crippen LogP contribution is -2.52. The average Bonchev–Trinajstić information content (AvgIpc) is 3.25. The third kappa shape index (κ3) is 2.96. The Bertz CT molecular complexity index is 679. The van der Waals surface area contributed by atoms with Gasteiger partial charge in [-0.15, -0.1) is 0 Å². The van der Waals surface area contributed by atoms with Gasteiger partial charge in [-0.25, -0.2) is 22.7 Å². The molecule has 3 aliphatic rings. The Kier molecular flexibility index (Phi) is 3.80. The normalized spacial score (nSPS) is 23.0. The highest BCUT2D eigenvalue weighted by atomic mass is 32.2. The van der Waals surface area contributed by atoms with Crippen LogP contribution in [0.1, 0.15) is 43.7 Å². The van der Waals surface area contributed by atoms with Crippen molar-refractivity contribution in [3.05, 3.63) is 18.1 Å². The molecule has 0 radical (unpaired) electrons. The van der Waals surface area contributed by atoms with Gasteiger partial charge in [-0.3, -0.25) is 0 Å². The van der Waals surface area contributed by atoms with Gasteiger partial charge in [0.2, 0.25) is 10.0 Å². The Morgan fingerprint density at radius 3 is 2.57 bits per heavy atom. The second-order valence-corrected chi connectivity index (χ2v) is 9.54. The summed E-state index contributed by atoms with van der Waals surface area (Å²) in [6.07, 6.45) is 7.10. The number of hydrogen-bond donors (Lipinski definition) is 0. The molecule has 0 spiro atoms. The van der Waals surface area contributed by atoms with Crippen LogP contribution in [0.5, 0.6) is 0 Å². The summed E-state index contributed by atoms with van der Waals surface area (Å²) in [7, 11) is -1.33. The first-order valence-corrected chi connectivity index (χ1v) is 10.1.